The Morgan fingerprint density at radius 1 is 1.23 bits per heavy atom. The zero-order valence-corrected chi connectivity index (χ0v) is 12.1. The highest BCUT2D eigenvalue weighted by Gasteiger charge is 2.23. The maximum atomic E-state index is 12.6. The SMILES string of the molecule is Cn1cccc1CNC(=O)C(c1ccccc1)n1cnnn1. The number of aromatic nitrogens is 5. The van der Waals surface area contributed by atoms with E-state index in [4.69, 9.17) is 0 Å². The van der Waals surface area contributed by atoms with Gasteiger partial charge in [0.05, 0.1) is 6.54 Å². The van der Waals surface area contributed by atoms with Crippen LogP contribution in [0.1, 0.15) is 17.3 Å². The number of carbonyl (C=O) groups excluding carboxylic acids is 1. The predicted molar refractivity (Wildman–Crippen MR) is 79.7 cm³/mol. The summed E-state index contributed by atoms with van der Waals surface area (Å²) >= 11 is 0. The van der Waals surface area contributed by atoms with E-state index in [1.807, 2.05) is 60.3 Å². The minimum atomic E-state index is -0.587. The largest absolute Gasteiger partial charge is 0.353 e. The summed E-state index contributed by atoms with van der Waals surface area (Å²) in [6.07, 6.45) is 3.39. The molecule has 7 nitrogen and oxygen atoms in total. The van der Waals surface area contributed by atoms with Gasteiger partial charge in [0.25, 0.3) is 0 Å². The van der Waals surface area contributed by atoms with Crippen molar-refractivity contribution < 1.29 is 4.79 Å². The number of tetrazole rings is 1. The number of nitrogens with zero attached hydrogens (tertiary/aromatic N) is 5. The summed E-state index contributed by atoms with van der Waals surface area (Å²) in [5, 5.41) is 14.0. The Morgan fingerprint density at radius 2 is 2.05 bits per heavy atom. The Morgan fingerprint density at radius 3 is 2.68 bits per heavy atom. The maximum Gasteiger partial charge on any atom is 0.249 e. The minimum Gasteiger partial charge on any atom is -0.353 e. The number of carbonyl (C=O) groups is 1. The molecule has 7 heteroatoms. The Bertz CT molecular complexity index is 735. The summed E-state index contributed by atoms with van der Waals surface area (Å²) in [7, 11) is 1.94. The predicted octanol–water partition coefficient (Wildman–Crippen LogP) is 0.917. The fraction of sp³-hybridized carbons (Fsp3) is 0.200. The zero-order valence-electron chi connectivity index (χ0n) is 12.1. The average molecular weight is 296 g/mol. The highest BCUT2D eigenvalue weighted by atomic mass is 16.2. The summed E-state index contributed by atoms with van der Waals surface area (Å²) in [4.78, 5) is 12.6. The van der Waals surface area contributed by atoms with Crippen LogP contribution in [0.4, 0.5) is 0 Å². The highest BCUT2D eigenvalue weighted by Crippen LogP contribution is 2.17. The van der Waals surface area contributed by atoms with Gasteiger partial charge in [-0.2, -0.15) is 0 Å². The van der Waals surface area contributed by atoms with Gasteiger partial charge in [0.15, 0.2) is 6.04 Å². The lowest BCUT2D eigenvalue weighted by Gasteiger charge is -2.16. The van der Waals surface area contributed by atoms with E-state index >= 15 is 0 Å². The smallest absolute Gasteiger partial charge is 0.249 e. The van der Waals surface area contributed by atoms with Crippen LogP contribution in [0, 0.1) is 0 Å². The van der Waals surface area contributed by atoms with Gasteiger partial charge >= 0.3 is 0 Å². The van der Waals surface area contributed by atoms with Gasteiger partial charge in [-0.25, -0.2) is 4.68 Å². The van der Waals surface area contributed by atoms with Gasteiger partial charge < -0.3 is 9.88 Å². The summed E-state index contributed by atoms with van der Waals surface area (Å²) in [6, 6.07) is 12.8. The third-order valence-corrected chi connectivity index (χ3v) is 3.49. The van der Waals surface area contributed by atoms with E-state index in [0.717, 1.165) is 11.3 Å². The molecule has 112 valence electrons. The Hall–Kier alpha value is -2.96. The molecule has 1 amide bonds. The fourth-order valence-electron chi connectivity index (χ4n) is 2.30. The Kier molecular flexibility index (Phi) is 3.95. The molecule has 0 radical (unpaired) electrons. The van der Waals surface area contributed by atoms with E-state index in [9.17, 15) is 4.79 Å². The molecule has 0 bridgehead atoms. The molecule has 1 atom stereocenters. The molecule has 2 heterocycles. The van der Waals surface area contributed by atoms with Crippen molar-refractivity contribution in [1.82, 2.24) is 30.1 Å². The molecule has 0 saturated carbocycles. The van der Waals surface area contributed by atoms with Gasteiger partial charge in [0.1, 0.15) is 6.33 Å². The topological polar surface area (TPSA) is 77.6 Å². The number of amides is 1. The fourth-order valence-corrected chi connectivity index (χ4v) is 2.30. The van der Waals surface area contributed by atoms with Crippen molar-refractivity contribution >= 4 is 5.91 Å². The van der Waals surface area contributed by atoms with Gasteiger partial charge in [-0.15, -0.1) is 5.10 Å². The second kappa shape index (κ2) is 6.21. The van der Waals surface area contributed by atoms with Crippen molar-refractivity contribution in [3.05, 3.63) is 66.2 Å². The van der Waals surface area contributed by atoms with Crippen molar-refractivity contribution in [3.8, 4) is 0 Å². The summed E-state index contributed by atoms with van der Waals surface area (Å²) in [6.45, 7) is 0.452. The van der Waals surface area contributed by atoms with Crippen molar-refractivity contribution in [1.29, 1.82) is 0 Å². The van der Waals surface area contributed by atoms with E-state index in [0.29, 0.717) is 6.54 Å². The second-order valence-electron chi connectivity index (χ2n) is 4.93. The molecular formula is C15H16N6O. The van der Waals surface area contributed by atoms with Crippen LogP contribution in [0.25, 0.3) is 0 Å². The monoisotopic (exact) mass is 296 g/mol. The normalized spacial score (nSPS) is 12.0. The lowest BCUT2D eigenvalue weighted by atomic mass is 10.1. The molecule has 3 aromatic rings. The highest BCUT2D eigenvalue weighted by molar-refractivity contribution is 5.83. The Labute approximate surface area is 127 Å². The quantitative estimate of drug-likeness (QED) is 0.759. The zero-order chi connectivity index (χ0) is 15.4. The molecular weight excluding hydrogens is 280 g/mol. The minimum absolute atomic E-state index is 0.153. The van der Waals surface area contributed by atoms with Crippen LogP contribution in [0.15, 0.2) is 55.0 Å². The lowest BCUT2D eigenvalue weighted by molar-refractivity contribution is -0.123. The number of rotatable bonds is 5. The standard InChI is InChI=1S/C15H16N6O/c1-20-9-5-8-13(20)10-16-15(22)14(21-11-17-18-19-21)12-6-3-2-4-7-12/h2-9,11,14H,10H2,1H3,(H,16,22). The van der Waals surface area contributed by atoms with E-state index in [2.05, 4.69) is 20.8 Å². The lowest BCUT2D eigenvalue weighted by Crippen LogP contribution is -2.33. The Balaban J connectivity index is 1.80. The van der Waals surface area contributed by atoms with Crippen LogP contribution in [0.5, 0.6) is 0 Å². The first-order valence-corrected chi connectivity index (χ1v) is 6.91. The average Bonchev–Trinajstić information content (AvgIpc) is 3.19. The molecule has 0 saturated heterocycles. The van der Waals surface area contributed by atoms with Crippen molar-refractivity contribution in [3.63, 3.8) is 0 Å². The summed E-state index contributed by atoms with van der Waals surface area (Å²) in [5.74, 6) is -0.153. The number of aryl methyl sites for hydroxylation is 1. The number of nitrogens with one attached hydrogen (secondary N) is 1. The first-order chi connectivity index (χ1) is 10.8. The van der Waals surface area contributed by atoms with E-state index in [1.165, 1.54) is 11.0 Å². The van der Waals surface area contributed by atoms with Crippen molar-refractivity contribution in [2.45, 2.75) is 12.6 Å². The first-order valence-electron chi connectivity index (χ1n) is 6.91. The number of hydrogen-bond acceptors (Lipinski definition) is 4. The van der Waals surface area contributed by atoms with Gasteiger partial charge in [0, 0.05) is 18.9 Å². The summed E-state index contributed by atoms with van der Waals surface area (Å²) < 4.78 is 3.42. The van der Waals surface area contributed by atoms with Gasteiger partial charge in [0.2, 0.25) is 5.91 Å². The molecule has 1 aromatic carbocycles. The van der Waals surface area contributed by atoms with Crippen LogP contribution in [0.3, 0.4) is 0 Å². The third-order valence-electron chi connectivity index (χ3n) is 3.49. The molecule has 0 fully saturated rings. The molecule has 1 unspecified atom stereocenters. The van der Waals surface area contributed by atoms with E-state index in [-0.39, 0.29) is 5.91 Å². The van der Waals surface area contributed by atoms with Gasteiger partial charge in [-0.3, -0.25) is 4.79 Å². The molecule has 2 aromatic heterocycles. The van der Waals surface area contributed by atoms with Gasteiger partial charge in [-0.1, -0.05) is 30.3 Å². The maximum absolute atomic E-state index is 12.6. The van der Waals surface area contributed by atoms with Crippen LogP contribution in [0.2, 0.25) is 0 Å². The van der Waals surface area contributed by atoms with Crippen LogP contribution < -0.4 is 5.32 Å². The molecule has 0 spiro atoms. The molecule has 3 rings (SSSR count). The molecule has 22 heavy (non-hydrogen) atoms. The van der Waals surface area contributed by atoms with Crippen molar-refractivity contribution in [2.75, 3.05) is 0 Å². The van der Waals surface area contributed by atoms with Crippen LogP contribution >= 0.6 is 0 Å². The van der Waals surface area contributed by atoms with Crippen LogP contribution in [-0.4, -0.2) is 30.7 Å². The van der Waals surface area contributed by atoms with Crippen molar-refractivity contribution in [2.24, 2.45) is 7.05 Å². The number of hydrogen-bond donors (Lipinski definition) is 1. The molecule has 0 aliphatic rings. The molecule has 1 N–H and O–H groups in total. The molecule has 0 aliphatic heterocycles. The van der Waals surface area contributed by atoms with Gasteiger partial charge in [-0.05, 0) is 28.1 Å². The second-order valence-corrected chi connectivity index (χ2v) is 4.93. The number of benzene rings is 1. The van der Waals surface area contributed by atoms with E-state index in [1.54, 1.807) is 0 Å². The summed E-state index contributed by atoms with van der Waals surface area (Å²) in [5.41, 5.74) is 1.86. The van der Waals surface area contributed by atoms with Crippen LogP contribution in [-0.2, 0) is 18.4 Å². The molecule has 0 aliphatic carbocycles. The third kappa shape index (κ3) is 2.88. The first kappa shape index (κ1) is 14.0. The van der Waals surface area contributed by atoms with E-state index < -0.39 is 6.04 Å².